The summed E-state index contributed by atoms with van der Waals surface area (Å²) in [7, 11) is 0. The second-order valence-corrected chi connectivity index (χ2v) is 7.30. The minimum absolute atomic E-state index is 0.521. The number of hydrogen-bond acceptors (Lipinski definition) is 2. The maximum Gasteiger partial charge on any atom is 0.0432 e. The van der Waals surface area contributed by atoms with Gasteiger partial charge in [-0.1, -0.05) is 58.6 Å². The van der Waals surface area contributed by atoms with E-state index in [2.05, 4.69) is 62.2 Å². The van der Waals surface area contributed by atoms with Crippen molar-refractivity contribution in [3.8, 4) is 0 Å². The summed E-state index contributed by atoms with van der Waals surface area (Å²) in [5.74, 6) is 0.521. The first-order valence-electron chi connectivity index (χ1n) is 10.1. The largest absolute Gasteiger partial charge is 0.258 e. The molecule has 0 bridgehead atoms. The number of aryl methyl sites for hydroxylation is 3. The van der Waals surface area contributed by atoms with Crippen molar-refractivity contribution in [2.75, 3.05) is 0 Å². The molecule has 2 heteroatoms. The van der Waals surface area contributed by atoms with E-state index in [-0.39, 0.29) is 0 Å². The zero-order valence-electron chi connectivity index (χ0n) is 16.3. The average molecular weight is 339 g/mol. The van der Waals surface area contributed by atoms with Crippen molar-refractivity contribution >= 4 is 0 Å². The van der Waals surface area contributed by atoms with Gasteiger partial charge in [-0.05, 0) is 62.3 Å². The summed E-state index contributed by atoms with van der Waals surface area (Å²) in [6.45, 7) is 6.58. The highest BCUT2D eigenvalue weighted by Gasteiger charge is 2.02. The monoisotopic (exact) mass is 338 g/mol. The Labute approximate surface area is 154 Å². The Morgan fingerprint density at radius 1 is 0.680 bits per heavy atom. The van der Waals surface area contributed by atoms with Gasteiger partial charge in [0.15, 0.2) is 0 Å². The fraction of sp³-hybridized carbons (Fsp3) is 0.565. The highest BCUT2D eigenvalue weighted by molar-refractivity contribution is 5.14. The molecule has 2 aromatic heterocycles. The molecule has 0 radical (unpaired) electrons. The van der Waals surface area contributed by atoms with Crippen molar-refractivity contribution in [2.45, 2.75) is 84.5 Å². The van der Waals surface area contributed by atoms with Crippen LogP contribution in [0.5, 0.6) is 0 Å². The molecular weight excluding hydrogens is 304 g/mol. The molecular formula is C23H34N2. The normalized spacial score (nSPS) is 11.2. The Morgan fingerprint density at radius 2 is 1.20 bits per heavy atom. The van der Waals surface area contributed by atoms with Crippen molar-refractivity contribution in [2.24, 2.45) is 0 Å². The van der Waals surface area contributed by atoms with Crippen LogP contribution in [0.25, 0.3) is 0 Å². The Hall–Kier alpha value is -1.70. The minimum atomic E-state index is 0.521. The number of rotatable bonds is 11. The molecule has 0 aromatic carbocycles. The molecule has 0 atom stereocenters. The second kappa shape index (κ2) is 11.0. The van der Waals surface area contributed by atoms with Crippen LogP contribution in [0.15, 0.2) is 36.4 Å². The smallest absolute Gasteiger partial charge is 0.0432 e. The molecule has 0 aliphatic carbocycles. The summed E-state index contributed by atoms with van der Waals surface area (Å²) in [5, 5.41) is 0. The highest BCUT2D eigenvalue weighted by atomic mass is 14.7. The third-order valence-electron chi connectivity index (χ3n) is 4.76. The van der Waals surface area contributed by atoms with Crippen LogP contribution in [-0.4, -0.2) is 9.97 Å². The lowest BCUT2D eigenvalue weighted by Crippen LogP contribution is -1.97. The third-order valence-corrected chi connectivity index (χ3v) is 4.76. The van der Waals surface area contributed by atoms with E-state index < -0.39 is 0 Å². The summed E-state index contributed by atoms with van der Waals surface area (Å²) in [4.78, 5) is 9.44. The minimum Gasteiger partial charge on any atom is -0.258 e. The lowest BCUT2D eigenvalue weighted by Gasteiger charge is -2.07. The first-order valence-corrected chi connectivity index (χ1v) is 10.1. The van der Waals surface area contributed by atoms with Crippen molar-refractivity contribution in [3.05, 3.63) is 59.2 Å². The molecule has 0 aliphatic rings. The fourth-order valence-electron chi connectivity index (χ4n) is 3.14. The average Bonchev–Trinajstić information content (AvgIpc) is 2.64. The Bertz CT molecular complexity index is 619. The molecule has 25 heavy (non-hydrogen) atoms. The molecule has 0 unspecified atom stereocenters. The molecule has 2 aromatic rings. The van der Waals surface area contributed by atoms with Crippen molar-refractivity contribution < 1.29 is 0 Å². The molecule has 0 spiro atoms. The van der Waals surface area contributed by atoms with E-state index in [0.717, 1.165) is 19.3 Å². The van der Waals surface area contributed by atoms with Crippen LogP contribution >= 0.6 is 0 Å². The molecule has 2 nitrogen and oxygen atoms in total. The lowest BCUT2D eigenvalue weighted by atomic mass is 10.0. The molecule has 0 saturated carbocycles. The quantitative estimate of drug-likeness (QED) is 0.450. The van der Waals surface area contributed by atoms with Gasteiger partial charge in [0.1, 0.15) is 0 Å². The van der Waals surface area contributed by atoms with Crippen LogP contribution in [0, 0.1) is 0 Å². The van der Waals surface area contributed by atoms with E-state index in [9.17, 15) is 0 Å². The van der Waals surface area contributed by atoms with Crippen molar-refractivity contribution in [1.29, 1.82) is 0 Å². The highest BCUT2D eigenvalue weighted by Crippen LogP contribution is 2.14. The lowest BCUT2D eigenvalue weighted by molar-refractivity contribution is 0.588. The first kappa shape index (κ1) is 19.6. The van der Waals surface area contributed by atoms with Crippen LogP contribution in [0.3, 0.4) is 0 Å². The maximum absolute atomic E-state index is 4.76. The Morgan fingerprint density at radius 3 is 1.80 bits per heavy atom. The molecule has 0 fully saturated rings. The van der Waals surface area contributed by atoms with E-state index in [1.807, 2.05) is 0 Å². The zero-order chi connectivity index (χ0) is 17.9. The fourth-order valence-corrected chi connectivity index (χ4v) is 3.14. The molecule has 0 saturated heterocycles. The summed E-state index contributed by atoms with van der Waals surface area (Å²) in [6, 6.07) is 12.9. The number of hydrogen-bond donors (Lipinski definition) is 0. The number of pyridine rings is 2. The Balaban J connectivity index is 1.54. The van der Waals surface area contributed by atoms with Gasteiger partial charge in [0.25, 0.3) is 0 Å². The van der Waals surface area contributed by atoms with Gasteiger partial charge in [-0.15, -0.1) is 0 Å². The summed E-state index contributed by atoms with van der Waals surface area (Å²) < 4.78 is 0. The predicted octanol–water partition coefficient (Wildman–Crippen LogP) is 6.29. The number of unbranched alkanes of at least 4 members (excludes halogenated alkanes) is 5. The van der Waals surface area contributed by atoms with Gasteiger partial charge in [0, 0.05) is 22.8 Å². The van der Waals surface area contributed by atoms with Gasteiger partial charge in [-0.3, -0.25) is 9.97 Å². The van der Waals surface area contributed by atoms with Gasteiger partial charge >= 0.3 is 0 Å². The van der Waals surface area contributed by atoms with Crippen molar-refractivity contribution in [3.63, 3.8) is 0 Å². The van der Waals surface area contributed by atoms with Gasteiger partial charge < -0.3 is 0 Å². The zero-order valence-corrected chi connectivity index (χ0v) is 16.3. The van der Waals surface area contributed by atoms with Gasteiger partial charge in [-0.2, -0.15) is 0 Å². The molecule has 0 amide bonds. The predicted molar refractivity (Wildman–Crippen MR) is 107 cm³/mol. The SMILES string of the molecule is CCc1cccc(CCCCCCCCc2cccc(C(C)C)n2)n1. The summed E-state index contributed by atoms with van der Waals surface area (Å²) in [6.07, 6.45) is 11.1. The van der Waals surface area contributed by atoms with Crippen LogP contribution in [0.1, 0.15) is 88.0 Å². The van der Waals surface area contributed by atoms with Crippen molar-refractivity contribution in [1.82, 2.24) is 9.97 Å². The molecule has 0 N–H and O–H groups in total. The van der Waals surface area contributed by atoms with E-state index in [0.29, 0.717) is 5.92 Å². The number of nitrogens with zero attached hydrogens (tertiary/aromatic N) is 2. The molecule has 136 valence electrons. The molecule has 0 aliphatic heterocycles. The first-order chi connectivity index (χ1) is 12.2. The van der Waals surface area contributed by atoms with Crippen LogP contribution < -0.4 is 0 Å². The molecule has 2 heterocycles. The van der Waals surface area contributed by atoms with Gasteiger partial charge in [0.2, 0.25) is 0 Å². The van der Waals surface area contributed by atoms with Gasteiger partial charge in [-0.25, -0.2) is 0 Å². The second-order valence-electron chi connectivity index (χ2n) is 7.30. The van der Waals surface area contributed by atoms with Crippen LogP contribution in [0.2, 0.25) is 0 Å². The third kappa shape index (κ3) is 7.37. The van der Waals surface area contributed by atoms with E-state index in [1.165, 1.54) is 61.3 Å². The maximum atomic E-state index is 4.76. The Kier molecular flexibility index (Phi) is 8.65. The van der Waals surface area contributed by atoms with E-state index in [1.54, 1.807) is 0 Å². The number of aromatic nitrogens is 2. The standard InChI is InChI=1S/C23H34N2/c1-4-20-15-11-16-21(24-20)13-9-7-5-6-8-10-14-22-17-12-18-23(25-22)19(2)3/h11-12,15-19H,4-10,13-14H2,1-3H3. The summed E-state index contributed by atoms with van der Waals surface area (Å²) >= 11 is 0. The van der Waals surface area contributed by atoms with Gasteiger partial charge in [0.05, 0.1) is 0 Å². The van der Waals surface area contributed by atoms with Crippen LogP contribution in [-0.2, 0) is 19.3 Å². The van der Waals surface area contributed by atoms with E-state index in [4.69, 9.17) is 4.98 Å². The topological polar surface area (TPSA) is 25.8 Å². The summed E-state index contributed by atoms with van der Waals surface area (Å²) in [5.41, 5.74) is 4.95. The van der Waals surface area contributed by atoms with E-state index >= 15 is 0 Å². The van der Waals surface area contributed by atoms with Crippen LogP contribution in [0.4, 0.5) is 0 Å². The molecule has 2 rings (SSSR count).